The molecule has 1 aromatic heterocycles. The summed E-state index contributed by atoms with van der Waals surface area (Å²) in [5.41, 5.74) is 1.54. The van der Waals surface area contributed by atoms with Gasteiger partial charge in [0.1, 0.15) is 5.82 Å². The average Bonchev–Trinajstić information content (AvgIpc) is 2.47. The number of fused-ring (bicyclic) bond motifs is 1. The fraction of sp³-hybridized carbons (Fsp3) is 0. The van der Waals surface area contributed by atoms with Crippen molar-refractivity contribution in [3.8, 4) is 0 Å². The lowest BCUT2D eigenvalue weighted by molar-refractivity contribution is 0.102. The lowest BCUT2D eigenvalue weighted by Crippen LogP contribution is -2.12. The first-order valence-corrected chi connectivity index (χ1v) is 6.62. The topological polar surface area (TPSA) is 42.0 Å². The maximum Gasteiger partial charge on any atom is 0.255 e. The van der Waals surface area contributed by atoms with Gasteiger partial charge in [-0.2, -0.15) is 0 Å². The van der Waals surface area contributed by atoms with Gasteiger partial charge in [-0.15, -0.1) is 0 Å². The van der Waals surface area contributed by atoms with E-state index in [-0.39, 0.29) is 11.5 Å². The van der Waals surface area contributed by atoms with Crippen LogP contribution >= 0.6 is 11.6 Å². The van der Waals surface area contributed by atoms with Crippen LogP contribution in [0.15, 0.2) is 54.7 Å². The molecule has 0 aliphatic carbocycles. The highest BCUT2D eigenvalue weighted by atomic mass is 35.5. The van der Waals surface area contributed by atoms with Crippen LogP contribution in [-0.2, 0) is 0 Å². The average molecular weight is 301 g/mol. The molecule has 0 saturated carbocycles. The van der Waals surface area contributed by atoms with Gasteiger partial charge in [0.15, 0.2) is 0 Å². The van der Waals surface area contributed by atoms with Crippen molar-refractivity contribution in [1.82, 2.24) is 4.98 Å². The first-order valence-electron chi connectivity index (χ1n) is 6.25. The molecule has 0 aliphatic rings. The Labute approximate surface area is 125 Å². The van der Waals surface area contributed by atoms with Crippen molar-refractivity contribution in [2.24, 2.45) is 0 Å². The number of amides is 1. The van der Waals surface area contributed by atoms with Gasteiger partial charge in [0.2, 0.25) is 0 Å². The second-order valence-electron chi connectivity index (χ2n) is 4.48. The number of aromatic nitrogens is 1. The van der Waals surface area contributed by atoms with E-state index in [1.807, 2.05) is 0 Å². The Kier molecular flexibility index (Phi) is 3.54. The molecular formula is C16H10ClFN2O. The number of nitrogens with one attached hydrogen (secondary N) is 1. The molecule has 0 saturated heterocycles. The van der Waals surface area contributed by atoms with Crippen LogP contribution in [-0.4, -0.2) is 10.9 Å². The molecule has 1 N–H and O–H groups in total. The van der Waals surface area contributed by atoms with Crippen LogP contribution in [0.4, 0.5) is 10.1 Å². The van der Waals surface area contributed by atoms with Gasteiger partial charge in [-0.1, -0.05) is 17.7 Å². The fourth-order valence-corrected chi connectivity index (χ4v) is 2.22. The molecule has 1 heterocycles. The van der Waals surface area contributed by atoms with E-state index in [9.17, 15) is 9.18 Å². The Bertz CT molecular complexity index is 835. The number of carbonyl (C=O) groups is 1. The zero-order chi connectivity index (χ0) is 14.8. The van der Waals surface area contributed by atoms with Crippen molar-refractivity contribution in [2.45, 2.75) is 0 Å². The fourth-order valence-electron chi connectivity index (χ4n) is 2.05. The minimum atomic E-state index is -0.450. The van der Waals surface area contributed by atoms with Crippen molar-refractivity contribution < 1.29 is 9.18 Å². The third kappa shape index (κ3) is 2.85. The molecule has 0 radical (unpaired) electrons. The molecule has 2 aromatic carbocycles. The van der Waals surface area contributed by atoms with Crippen LogP contribution in [0, 0.1) is 5.82 Å². The maximum atomic E-state index is 13.2. The van der Waals surface area contributed by atoms with Gasteiger partial charge in [0.25, 0.3) is 5.91 Å². The van der Waals surface area contributed by atoms with E-state index >= 15 is 0 Å². The summed E-state index contributed by atoms with van der Waals surface area (Å²) in [6, 6.07) is 12.4. The number of hydrogen-bond donors (Lipinski definition) is 1. The van der Waals surface area contributed by atoms with Gasteiger partial charge in [-0.05, 0) is 42.5 Å². The first-order chi connectivity index (χ1) is 10.1. The third-order valence-electron chi connectivity index (χ3n) is 3.04. The summed E-state index contributed by atoms with van der Waals surface area (Å²) >= 11 is 5.92. The van der Waals surface area contributed by atoms with E-state index in [1.54, 1.807) is 36.5 Å². The van der Waals surface area contributed by atoms with Gasteiger partial charge in [-0.25, -0.2) is 4.39 Å². The zero-order valence-corrected chi connectivity index (χ0v) is 11.6. The number of benzene rings is 2. The van der Waals surface area contributed by atoms with Crippen molar-refractivity contribution in [3.63, 3.8) is 0 Å². The Morgan fingerprint density at radius 1 is 1.14 bits per heavy atom. The van der Waals surface area contributed by atoms with E-state index in [2.05, 4.69) is 10.3 Å². The number of anilines is 1. The van der Waals surface area contributed by atoms with Crippen LogP contribution in [0.3, 0.4) is 0 Å². The van der Waals surface area contributed by atoms with E-state index in [1.165, 1.54) is 18.2 Å². The monoisotopic (exact) mass is 300 g/mol. The van der Waals surface area contributed by atoms with Gasteiger partial charge in [0, 0.05) is 22.2 Å². The number of rotatable bonds is 2. The van der Waals surface area contributed by atoms with Crippen molar-refractivity contribution in [1.29, 1.82) is 0 Å². The summed E-state index contributed by atoms with van der Waals surface area (Å²) in [7, 11) is 0. The second kappa shape index (κ2) is 5.50. The van der Waals surface area contributed by atoms with E-state index in [0.29, 0.717) is 16.2 Å². The predicted molar refractivity (Wildman–Crippen MR) is 81.1 cm³/mol. The van der Waals surface area contributed by atoms with Crippen LogP contribution in [0.1, 0.15) is 10.4 Å². The summed E-state index contributed by atoms with van der Waals surface area (Å²) < 4.78 is 13.2. The first kappa shape index (κ1) is 13.5. The predicted octanol–water partition coefficient (Wildman–Crippen LogP) is 4.28. The number of carbonyl (C=O) groups excluding carboxylic acids is 1. The van der Waals surface area contributed by atoms with E-state index in [0.717, 1.165) is 5.39 Å². The maximum absolute atomic E-state index is 13.2. The Morgan fingerprint density at radius 3 is 2.81 bits per heavy atom. The molecule has 0 unspecified atom stereocenters. The Hall–Kier alpha value is -2.46. The Morgan fingerprint density at radius 2 is 2.00 bits per heavy atom. The minimum Gasteiger partial charge on any atom is -0.321 e. The zero-order valence-electron chi connectivity index (χ0n) is 10.8. The molecule has 0 bridgehead atoms. The molecule has 0 fully saturated rings. The van der Waals surface area contributed by atoms with Crippen molar-refractivity contribution in [3.05, 3.63) is 71.1 Å². The summed E-state index contributed by atoms with van der Waals surface area (Å²) in [4.78, 5) is 16.4. The van der Waals surface area contributed by atoms with Crippen LogP contribution in [0.2, 0.25) is 5.02 Å². The quantitative estimate of drug-likeness (QED) is 0.767. The molecule has 0 spiro atoms. The van der Waals surface area contributed by atoms with E-state index < -0.39 is 5.82 Å². The number of halogens is 2. The minimum absolute atomic E-state index is 0.258. The molecule has 3 aromatic rings. The SMILES string of the molecule is O=C(Nc1ccnc2cc(Cl)ccc12)c1cccc(F)c1. The summed E-state index contributed by atoms with van der Waals surface area (Å²) in [6.45, 7) is 0. The number of nitrogens with zero attached hydrogens (tertiary/aromatic N) is 1. The number of pyridine rings is 1. The van der Waals surface area contributed by atoms with Crippen LogP contribution in [0.25, 0.3) is 10.9 Å². The van der Waals surface area contributed by atoms with Crippen LogP contribution < -0.4 is 5.32 Å². The highest BCUT2D eigenvalue weighted by Gasteiger charge is 2.09. The third-order valence-corrected chi connectivity index (χ3v) is 3.27. The van der Waals surface area contributed by atoms with Crippen molar-refractivity contribution >= 4 is 34.1 Å². The number of hydrogen-bond acceptors (Lipinski definition) is 2. The highest BCUT2D eigenvalue weighted by molar-refractivity contribution is 6.31. The molecular weight excluding hydrogens is 291 g/mol. The molecule has 104 valence electrons. The van der Waals surface area contributed by atoms with E-state index in [4.69, 9.17) is 11.6 Å². The Balaban J connectivity index is 1.96. The van der Waals surface area contributed by atoms with Gasteiger partial charge < -0.3 is 5.32 Å². The van der Waals surface area contributed by atoms with Gasteiger partial charge >= 0.3 is 0 Å². The lowest BCUT2D eigenvalue weighted by Gasteiger charge is -2.08. The molecule has 3 nitrogen and oxygen atoms in total. The van der Waals surface area contributed by atoms with Crippen molar-refractivity contribution in [2.75, 3.05) is 5.32 Å². The summed E-state index contributed by atoms with van der Waals surface area (Å²) in [5, 5.41) is 4.10. The molecule has 0 atom stereocenters. The molecule has 5 heteroatoms. The summed E-state index contributed by atoms with van der Waals surface area (Å²) in [5.74, 6) is -0.828. The molecule has 21 heavy (non-hydrogen) atoms. The lowest BCUT2D eigenvalue weighted by atomic mass is 10.1. The smallest absolute Gasteiger partial charge is 0.255 e. The normalized spacial score (nSPS) is 10.6. The highest BCUT2D eigenvalue weighted by Crippen LogP contribution is 2.24. The van der Waals surface area contributed by atoms with Gasteiger partial charge in [-0.3, -0.25) is 9.78 Å². The summed E-state index contributed by atoms with van der Waals surface area (Å²) in [6.07, 6.45) is 1.58. The molecule has 0 aliphatic heterocycles. The largest absolute Gasteiger partial charge is 0.321 e. The van der Waals surface area contributed by atoms with Gasteiger partial charge in [0.05, 0.1) is 11.2 Å². The standard InChI is InChI=1S/C16H10ClFN2O/c17-11-4-5-13-14(6-7-19-15(13)9-11)20-16(21)10-2-1-3-12(18)8-10/h1-9H,(H,19,20,21). The molecule has 3 rings (SSSR count). The molecule has 1 amide bonds. The second-order valence-corrected chi connectivity index (χ2v) is 4.92. The van der Waals surface area contributed by atoms with Crippen LogP contribution in [0.5, 0.6) is 0 Å².